The van der Waals surface area contributed by atoms with Crippen molar-refractivity contribution in [3.8, 4) is 11.5 Å². The van der Waals surface area contributed by atoms with E-state index in [2.05, 4.69) is 0 Å². The molecular formula is C27H26FN3O4. The maximum atomic E-state index is 15.1. The molecule has 0 fully saturated rings. The summed E-state index contributed by atoms with van der Waals surface area (Å²) in [7, 11) is 0. The van der Waals surface area contributed by atoms with Gasteiger partial charge in [0.1, 0.15) is 19.3 Å². The highest BCUT2D eigenvalue weighted by molar-refractivity contribution is 5.96. The van der Waals surface area contributed by atoms with Gasteiger partial charge in [0.05, 0.1) is 6.04 Å². The predicted octanol–water partition coefficient (Wildman–Crippen LogP) is 3.81. The first-order valence-corrected chi connectivity index (χ1v) is 11.5. The summed E-state index contributed by atoms with van der Waals surface area (Å²) in [6, 6.07) is 14.5. The van der Waals surface area contributed by atoms with Gasteiger partial charge in [-0.25, -0.2) is 4.39 Å². The molecule has 2 bridgehead atoms. The van der Waals surface area contributed by atoms with Crippen molar-refractivity contribution in [1.82, 2.24) is 9.58 Å². The molecule has 180 valence electrons. The molecule has 0 aliphatic carbocycles. The first-order valence-electron chi connectivity index (χ1n) is 11.5. The van der Waals surface area contributed by atoms with Crippen molar-refractivity contribution in [2.24, 2.45) is 5.92 Å². The van der Waals surface area contributed by atoms with Crippen LogP contribution >= 0.6 is 0 Å². The SMILES string of the molecule is CC(C)[C@@H]1/C=C/COc2c(F)cccc2[C@H](c2ccccc2)N2CN1C(=O)c1c(O)c(=O)ccn12. The first kappa shape index (κ1) is 22.7. The fourth-order valence-electron chi connectivity index (χ4n) is 4.84. The van der Waals surface area contributed by atoms with Crippen LogP contribution in [0.4, 0.5) is 4.39 Å². The Hall–Kier alpha value is -4.07. The summed E-state index contributed by atoms with van der Waals surface area (Å²) in [5.41, 5.74) is 0.626. The van der Waals surface area contributed by atoms with Gasteiger partial charge in [-0.15, -0.1) is 0 Å². The monoisotopic (exact) mass is 475 g/mol. The van der Waals surface area contributed by atoms with Gasteiger partial charge in [-0.05, 0) is 23.6 Å². The predicted molar refractivity (Wildman–Crippen MR) is 130 cm³/mol. The smallest absolute Gasteiger partial charge is 0.278 e. The van der Waals surface area contributed by atoms with Gasteiger partial charge in [0.25, 0.3) is 5.91 Å². The topological polar surface area (TPSA) is 75.0 Å². The van der Waals surface area contributed by atoms with E-state index in [1.165, 1.54) is 23.0 Å². The minimum atomic E-state index is -0.640. The number of ether oxygens (including phenoxy) is 1. The Kier molecular flexibility index (Phi) is 5.80. The number of pyridine rings is 1. The number of aromatic hydroxyl groups is 1. The van der Waals surface area contributed by atoms with E-state index in [4.69, 9.17) is 4.74 Å². The maximum Gasteiger partial charge on any atom is 0.278 e. The van der Waals surface area contributed by atoms with E-state index in [-0.39, 0.29) is 36.7 Å². The minimum Gasteiger partial charge on any atom is -0.502 e. The summed E-state index contributed by atoms with van der Waals surface area (Å²) in [4.78, 5) is 27.7. The Morgan fingerprint density at radius 1 is 1.06 bits per heavy atom. The molecule has 0 spiro atoms. The zero-order chi connectivity index (χ0) is 24.7. The molecule has 5 rings (SSSR count). The first-order chi connectivity index (χ1) is 16.9. The fourth-order valence-corrected chi connectivity index (χ4v) is 4.84. The molecule has 2 aromatic carbocycles. The van der Waals surface area contributed by atoms with Crippen LogP contribution in [-0.4, -0.2) is 39.9 Å². The van der Waals surface area contributed by atoms with Crippen LogP contribution < -0.4 is 15.2 Å². The molecule has 1 N–H and O–H groups in total. The highest BCUT2D eigenvalue weighted by Crippen LogP contribution is 2.38. The van der Waals surface area contributed by atoms with Gasteiger partial charge in [-0.2, -0.15) is 0 Å². The summed E-state index contributed by atoms with van der Waals surface area (Å²) in [6.07, 6.45) is 5.11. The van der Waals surface area contributed by atoms with Crippen LogP contribution in [0.2, 0.25) is 0 Å². The number of amides is 1. The number of benzene rings is 2. The van der Waals surface area contributed by atoms with Gasteiger partial charge in [0.2, 0.25) is 5.43 Å². The summed E-state index contributed by atoms with van der Waals surface area (Å²) in [5, 5.41) is 12.6. The van der Waals surface area contributed by atoms with Crippen molar-refractivity contribution >= 4 is 5.91 Å². The molecule has 0 saturated carbocycles. The zero-order valence-electron chi connectivity index (χ0n) is 19.5. The van der Waals surface area contributed by atoms with E-state index in [1.807, 2.05) is 55.3 Å². The van der Waals surface area contributed by atoms with E-state index < -0.39 is 28.9 Å². The third-order valence-electron chi connectivity index (χ3n) is 6.50. The Morgan fingerprint density at radius 3 is 2.57 bits per heavy atom. The van der Waals surface area contributed by atoms with Crippen LogP contribution in [0.3, 0.4) is 0 Å². The summed E-state index contributed by atoms with van der Waals surface area (Å²) in [6.45, 7) is 4.24. The molecule has 2 atom stereocenters. The molecule has 8 heteroatoms. The summed E-state index contributed by atoms with van der Waals surface area (Å²) < 4.78 is 22.5. The number of fused-ring (bicyclic) bond motifs is 5. The molecule has 2 aliphatic heterocycles. The van der Waals surface area contributed by atoms with Crippen molar-refractivity contribution in [3.63, 3.8) is 0 Å². The van der Waals surface area contributed by atoms with Gasteiger partial charge < -0.3 is 14.7 Å². The lowest BCUT2D eigenvalue weighted by atomic mass is 9.96. The van der Waals surface area contributed by atoms with Gasteiger partial charge in [-0.3, -0.25) is 19.3 Å². The van der Waals surface area contributed by atoms with Crippen LogP contribution in [-0.2, 0) is 0 Å². The third-order valence-corrected chi connectivity index (χ3v) is 6.50. The molecular weight excluding hydrogens is 449 g/mol. The normalized spacial score (nSPS) is 20.5. The Morgan fingerprint density at radius 2 is 1.83 bits per heavy atom. The minimum absolute atomic E-state index is 0.0243. The largest absolute Gasteiger partial charge is 0.502 e. The van der Waals surface area contributed by atoms with E-state index in [0.717, 1.165) is 5.56 Å². The van der Waals surface area contributed by atoms with Gasteiger partial charge >= 0.3 is 0 Å². The van der Waals surface area contributed by atoms with E-state index >= 15 is 4.39 Å². The van der Waals surface area contributed by atoms with Gasteiger partial charge in [-0.1, -0.05) is 62.4 Å². The number of rotatable bonds is 2. The molecule has 3 heterocycles. The average Bonchev–Trinajstić information content (AvgIpc) is 2.87. The maximum absolute atomic E-state index is 15.1. The number of aromatic nitrogens is 1. The average molecular weight is 476 g/mol. The molecule has 35 heavy (non-hydrogen) atoms. The molecule has 1 amide bonds. The number of carbonyl (C=O) groups is 1. The van der Waals surface area contributed by atoms with Crippen molar-refractivity contribution in [2.45, 2.75) is 25.9 Å². The Bertz CT molecular complexity index is 1350. The molecule has 2 aliphatic rings. The van der Waals surface area contributed by atoms with Crippen molar-refractivity contribution in [3.05, 3.63) is 106 Å². The van der Waals surface area contributed by atoms with E-state index in [9.17, 15) is 14.7 Å². The van der Waals surface area contributed by atoms with Crippen molar-refractivity contribution in [1.29, 1.82) is 0 Å². The fraction of sp³-hybridized carbons (Fsp3) is 0.259. The van der Waals surface area contributed by atoms with Crippen LogP contribution in [0.5, 0.6) is 11.5 Å². The van der Waals surface area contributed by atoms with Gasteiger partial charge in [0, 0.05) is 17.8 Å². The number of hydrogen-bond acceptors (Lipinski definition) is 5. The number of para-hydroxylation sites is 1. The lowest BCUT2D eigenvalue weighted by Crippen LogP contribution is -2.58. The standard InChI is InChI=1S/C27H26FN3O4/c1-17(2)21-12-7-15-35-26-19(10-6-11-20(26)28)23(18-8-4-3-5-9-18)31-16-29(21)27(34)24-25(33)22(32)13-14-30(24)31/h3-14,17,21,23,33H,15-16H2,1-2H3/b12-7+/t21-,23-/m0/s1. The highest BCUT2D eigenvalue weighted by atomic mass is 19.1. The summed E-state index contributed by atoms with van der Waals surface area (Å²) >= 11 is 0. The lowest BCUT2D eigenvalue weighted by Gasteiger charge is -2.46. The second-order valence-electron chi connectivity index (χ2n) is 9.02. The summed E-state index contributed by atoms with van der Waals surface area (Å²) in [5.74, 6) is -1.42. The second-order valence-corrected chi connectivity index (χ2v) is 9.02. The van der Waals surface area contributed by atoms with Crippen LogP contribution in [0.25, 0.3) is 0 Å². The molecule has 3 aromatic rings. The number of nitrogens with zero attached hydrogens (tertiary/aromatic N) is 3. The molecule has 0 saturated heterocycles. The van der Waals surface area contributed by atoms with Crippen molar-refractivity contribution < 1.29 is 19.0 Å². The number of carbonyl (C=O) groups excluding carboxylic acids is 1. The zero-order valence-corrected chi connectivity index (χ0v) is 19.5. The third kappa shape index (κ3) is 3.84. The Balaban J connectivity index is 1.84. The van der Waals surface area contributed by atoms with Crippen molar-refractivity contribution in [2.75, 3.05) is 18.3 Å². The molecule has 7 nitrogen and oxygen atoms in total. The van der Waals surface area contributed by atoms with Gasteiger partial charge in [0.15, 0.2) is 23.0 Å². The number of hydrogen-bond donors (Lipinski definition) is 1. The lowest BCUT2D eigenvalue weighted by molar-refractivity contribution is 0.0588. The molecule has 1 aromatic heterocycles. The Labute approximate surface area is 202 Å². The number of halogens is 1. The van der Waals surface area contributed by atoms with Crippen LogP contribution in [0, 0.1) is 11.7 Å². The van der Waals surface area contributed by atoms with Crippen LogP contribution in [0.1, 0.15) is 41.5 Å². The molecule has 0 unspecified atom stereocenters. The quantitative estimate of drug-likeness (QED) is 0.571. The van der Waals surface area contributed by atoms with E-state index in [0.29, 0.717) is 5.56 Å². The molecule has 0 radical (unpaired) electrons. The van der Waals surface area contributed by atoms with E-state index in [1.54, 1.807) is 23.1 Å². The second kappa shape index (κ2) is 8.94. The highest BCUT2D eigenvalue weighted by Gasteiger charge is 2.40. The van der Waals surface area contributed by atoms with Crippen LogP contribution in [0.15, 0.2) is 77.7 Å².